The second kappa shape index (κ2) is 10.5. The number of hydrogen-bond acceptors (Lipinski definition) is 10. The van der Waals surface area contributed by atoms with E-state index < -0.39 is 21.5 Å². The van der Waals surface area contributed by atoms with Gasteiger partial charge in [0.1, 0.15) is 23.1 Å². The van der Waals surface area contributed by atoms with Crippen LogP contribution in [0.5, 0.6) is 5.88 Å². The van der Waals surface area contributed by atoms with Gasteiger partial charge in [-0.1, -0.05) is 13.8 Å². The number of sulfonamides is 1. The molecule has 39 heavy (non-hydrogen) atoms. The summed E-state index contributed by atoms with van der Waals surface area (Å²) in [5, 5.41) is 4.46. The quantitative estimate of drug-likeness (QED) is 0.354. The van der Waals surface area contributed by atoms with Crippen LogP contribution in [0.1, 0.15) is 59.2 Å². The average Bonchev–Trinajstić information content (AvgIpc) is 3.45. The van der Waals surface area contributed by atoms with E-state index in [0.29, 0.717) is 36.6 Å². The van der Waals surface area contributed by atoms with Gasteiger partial charge in [-0.15, -0.1) is 5.10 Å². The minimum atomic E-state index is -4.28. The first-order valence-electron chi connectivity index (χ1n) is 12.8. The van der Waals surface area contributed by atoms with Gasteiger partial charge in [-0.25, -0.2) is 27.8 Å². The number of anilines is 2. The molecule has 12 nitrogen and oxygen atoms in total. The molecule has 1 saturated heterocycles. The number of nitrogen functional groups attached to an aromatic ring is 1. The van der Waals surface area contributed by atoms with E-state index in [4.69, 9.17) is 21.2 Å². The molecule has 0 saturated carbocycles. The van der Waals surface area contributed by atoms with Gasteiger partial charge >= 0.3 is 0 Å². The van der Waals surface area contributed by atoms with E-state index in [1.807, 2.05) is 18.7 Å². The molecule has 1 amide bonds. The van der Waals surface area contributed by atoms with Crippen molar-refractivity contribution in [2.45, 2.75) is 63.4 Å². The van der Waals surface area contributed by atoms with Crippen molar-refractivity contribution in [2.24, 2.45) is 11.7 Å². The lowest BCUT2D eigenvalue weighted by molar-refractivity contribution is 0.0981. The molecule has 212 valence electrons. The van der Waals surface area contributed by atoms with Crippen molar-refractivity contribution >= 4 is 27.6 Å². The molecule has 3 aromatic rings. The molecule has 0 spiro atoms. The third-order valence-electron chi connectivity index (χ3n) is 6.91. The molecule has 2 atom stereocenters. The van der Waals surface area contributed by atoms with Crippen LogP contribution in [0.4, 0.5) is 11.6 Å². The second-order valence-electron chi connectivity index (χ2n) is 11.0. The molecular formula is C26H38N8O4S. The Morgan fingerprint density at radius 3 is 2.69 bits per heavy atom. The SMILES string of the molecule is CC[C@@](C)(N)COc1ccn(-c2ccc(C(=O)NS(=O)(=O)c3cccnc3N)c(N3C[C@@H](C)CC3(C)C)n2)n1.[HH]. The molecule has 3 aromatic heterocycles. The van der Waals surface area contributed by atoms with E-state index in [0.717, 1.165) is 12.8 Å². The minimum absolute atomic E-state index is 0. The molecule has 0 aromatic carbocycles. The molecule has 0 aliphatic carbocycles. The lowest BCUT2D eigenvalue weighted by Gasteiger charge is -2.34. The van der Waals surface area contributed by atoms with Gasteiger partial charge in [-0.05, 0) is 63.8 Å². The zero-order chi connectivity index (χ0) is 28.6. The summed E-state index contributed by atoms with van der Waals surface area (Å²) >= 11 is 0. The van der Waals surface area contributed by atoms with Crippen LogP contribution in [0, 0.1) is 5.92 Å². The fourth-order valence-corrected chi connectivity index (χ4v) is 5.67. The maximum absolute atomic E-state index is 13.4. The Balaban J connectivity index is 0.00000441. The van der Waals surface area contributed by atoms with Crippen LogP contribution >= 0.6 is 0 Å². The summed E-state index contributed by atoms with van der Waals surface area (Å²) in [6, 6.07) is 7.58. The molecule has 5 N–H and O–H groups in total. The minimum Gasteiger partial charge on any atom is -0.475 e. The van der Waals surface area contributed by atoms with Crippen molar-refractivity contribution in [1.29, 1.82) is 0 Å². The second-order valence-corrected chi connectivity index (χ2v) is 12.6. The van der Waals surface area contributed by atoms with E-state index in [9.17, 15) is 13.2 Å². The predicted octanol–water partition coefficient (Wildman–Crippen LogP) is 2.74. The number of hydrogen-bond donors (Lipinski definition) is 3. The predicted molar refractivity (Wildman–Crippen MR) is 150 cm³/mol. The first kappa shape index (κ1) is 28.3. The highest BCUT2D eigenvalue weighted by atomic mass is 32.2. The lowest BCUT2D eigenvalue weighted by atomic mass is 9.97. The number of carbonyl (C=O) groups excluding carboxylic acids is 1. The highest BCUT2D eigenvalue weighted by molar-refractivity contribution is 7.90. The Bertz CT molecular complexity index is 1470. The molecule has 0 radical (unpaired) electrons. The Morgan fingerprint density at radius 1 is 1.31 bits per heavy atom. The number of amides is 1. The fourth-order valence-electron chi connectivity index (χ4n) is 4.62. The maximum atomic E-state index is 13.4. The average molecular weight is 559 g/mol. The van der Waals surface area contributed by atoms with Crippen molar-refractivity contribution in [3.8, 4) is 11.7 Å². The van der Waals surface area contributed by atoms with Gasteiger partial charge in [0.25, 0.3) is 15.9 Å². The summed E-state index contributed by atoms with van der Waals surface area (Å²) in [5.74, 6) is 0.500. The van der Waals surface area contributed by atoms with Crippen molar-refractivity contribution in [2.75, 3.05) is 23.8 Å². The van der Waals surface area contributed by atoms with Gasteiger partial charge in [0.2, 0.25) is 5.88 Å². The van der Waals surface area contributed by atoms with Crippen LogP contribution in [-0.2, 0) is 10.0 Å². The smallest absolute Gasteiger partial charge is 0.268 e. The van der Waals surface area contributed by atoms with Crippen LogP contribution in [0.15, 0.2) is 47.6 Å². The van der Waals surface area contributed by atoms with Crippen LogP contribution in [-0.4, -0.2) is 58.3 Å². The summed E-state index contributed by atoms with van der Waals surface area (Å²) in [6.07, 6.45) is 4.70. The summed E-state index contributed by atoms with van der Waals surface area (Å²) in [4.78, 5) is 23.8. The Morgan fingerprint density at radius 2 is 2.05 bits per heavy atom. The first-order valence-corrected chi connectivity index (χ1v) is 14.2. The largest absolute Gasteiger partial charge is 0.475 e. The molecular weight excluding hydrogens is 520 g/mol. The zero-order valence-corrected chi connectivity index (χ0v) is 23.7. The lowest BCUT2D eigenvalue weighted by Crippen LogP contribution is -2.41. The molecule has 1 aliphatic rings. The van der Waals surface area contributed by atoms with Crippen LogP contribution < -0.4 is 25.8 Å². The molecule has 1 aliphatic heterocycles. The van der Waals surface area contributed by atoms with Crippen molar-refractivity contribution in [1.82, 2.24) is 24.5 Å². The van der Waals surface area contributed by atoms with Crippen molar-refractivity contribution in [3.63, 3.8) is 0 Å². The third kappa shape index (κ3) is 6.14. The molecule has 0 unspecified atom stereocenters. The highest BCUT2D eigenvalue weighted by Crippen LogP contribution is 2.37. The summed E-state index contributed by atoms with van der Waals surface area (Å²) in [6.45, 7) is 11.1. The first-order chi connectivity index (χ1) is 18.2. The fraction of sp³-hybridized carbons (Fsp3) is 0.462. The monoisotopic (exact) mass is 558 g/mol. The van der Waals surface area contributed by atoms with Crippen LogP contribution in [0.25, 0.3) is 5.82 Å². The van der Waals surface area contributed by atoms with Crippen molar-refractivity contribution in [3.05, 3.63) is 48.3 Å². The molecule has 0 bridgehead atoms. The molecule has 1 fully saturated rings. The van der Waals surface area contributed by atoms with Crippen LogP contribution in [0.3, 0.4) is 0 Å². The van der Waals surface area contributed by atoms with Gasteiger partial charge in [0.05, 0.1) is 5.56 Å². The van der Waals surface area contributed by atoms with Gasteiger partial charge < -0.3 is 21.1 Å². The summed E-state index contributed by atoms with van der Waals surface area (Å²) in [5.41, 5.74) is 11.2. The number of nitrogens with one attached hydrogen (secondary N) is 1. The van der Waals surface area contributed by atoms with Gasteiger partial charge in [-0.3, -0.25) is 4.79 Å². The number of aromatic nitrogens is 4. The number of nitrogens with zero attached hydrogens (tertiary/aromatic N) is 5. The molecule has 13 heteroatoms. The van der Waals surface area contributed by atoms with E-state index in [1.54, 1.807) is 29.1 Å². The summed E-state index contributed by atoms with van der Waals surface area (Å²) in [7, 11) is -4.28. The van der Waals surface area contributed by atoms with E-state index in [1.165, 1.54) is 18.3 Å². The summed E-state index contributed by atoms with van der Waals surface area (Å²) < 4.78 is 35.4. The Labute approximate surface area is 230 Å². The Hall–Kier alpha value is -3.71. The number of rotatable bonds is 9. The normalized spacial score (nSPS) is 18.5. The molecule has 4 rings (SSSR count). The topological polar surface area (TPSA) is 171 Å². The van der Waals surface area contributed by atoms with Gasteiger partial charge in [-0.2, -0.15) is 0 Å². The molecule has 4 heterocycles. The number of ether oxygens (including phenoxy) is 1. The third-order valence-corrected chi connectivity index (χ3v) is 8.29. The Kier molecular flexibility index (Phi) is 7.59. The number of pyridine rings is 2. The number of carbonyl (C=O) groups is 1. The number of nitrogens with two attached hydrogens (primary N) is 2. The van der Waals surface area contributed by atoms with E-state index in [-0.39, 0.29) is 23.2 Å². The maximum Gasteiger partial charge on any atom is 0.268 e. The highest BCUT2D eigenvalue weighted by Gasteiger charge is 2.39. The van der Waals surface area contributed by atoms with Crippen LogP contribution in [0.2, 0.25) is 0 Å². The van der Waals surface area contributed by atoms with Crippen molar-refractivity contribution < 1.29 is 19.4 Å². The van der Waals surface area contributed by atoms with E-state index >= 15 is 0 Å². The van der Waals surface area contributed by atoms with Gasteiger partial charge in [0, 0.05) is 37.5 Å². The standard InChI is InChI=1S/C26H36N8O4S.H2/c1-6-26(5,28)16-38-21-11-13-34(31-21)20-10-9-18(23(30-20)33-15-17(2)14-25(33,3)4)24(35)32-39(36,37)19-8-7-12-29-22(19)27;/h7-13,17H,6,14-16,28H2,1-5H3,(H2,27,29)(H,32,35);1H/t17-,26+;/m0./s1. The van der Waals surface area contributed by atoms with E-state index in [2.05, 4.69) is 35.6 Å². The van der Waals surface area contributed by atoms with Gasteiger partial charge in [0.15, 0.2) is 5.82 Å². The zero-order valence-electron chi connectivity index (χ0n) is 22.9.